The van der Waals surface area contributed by atoms with Crippen LogP contribution in [0.3, 0.4) is 0 Å². The molecule has 0 aliphatic rings. The van der Waals surface area contributed by atoms with Crippen molar-refractivity contribution in [2.24, 2.45) is 0 Å². The number of fused-ring (bicyclic) bond motifs is 1. The smallest absolute Gasteiger partial charge is 0.0730 e. The van der Waals surface area contributed by atoms with Crippen LogP contribution in [0.4, 0.5) is 11.4 Å². The van der Waals surface area contributed by atoms with Crippen molar-refractivity contribution in [3.05, 3.63) is 90.0 Å². The fourth-order valence-corrected chi connectivity index (χ4v) is 3.55. The maximum Gasteiger partial charge on any atom is 0.0730 e. The lowest BCUT2D eigenvalue weighted by atomic mass is 10.0. The van der Waals surface area contributed by atoms with Crippen molar-refractivity contribution in [3.63, 3.8) is 0 Å². The first kappa shape index (κ1) is 17.3. The lowest BCUT2D eigenvalue weighted by Crippen LogP contribution is -2.16. The Morgan fingerprint density at radius 2 is 1.56 bits per heavy atom. The van der Waals surface area contributed by atoms with E-state index in [-0.39, 0.29) is 0 Å². The number of pyridine rings is 1. The summed E-state index contributed by atoms with van der Waals surface area (Å²) in [5, 5.41) is 1.18. The van der Waals surface area contributed by atoms with Gasteiger partial charge in [0.1, 0.15) is 0 Å². The van der Waals surface area contributed by atoms with E-state index in [1.165, 1.54) is 27.9 Å². The molecule has 0 radical (unpaired) electrons. The molecule has 0 spiro atoms. The average Bonchev–Trinajstić information content (AvgIpc) is 2.70. The fraction of sp³-hybridized carbons (Fsp3) is 0.160. The van der Waals surface area contributed by atoms with E-state index in [2.05, 4.69) is 105 Å². The Balaban J connectivity index is 1.93. The van der Waals surface area contributed by atoms with Gasteiger partial charge in [-0.2, -0.15) is 0 Å². The van der Waals surface area contributed by atoms with Crippen molar-refractivity contribution in [1.29, 1.82) is 0 Å². The van der Waals surface area contributed by atoms with Crippen molar-refractivity contribution in [1.82, 2.24) is 4.98 Å². The number of rotatable bonds is 4. The number of nitrogens with zero attached hydrogens (tertiary/aromatic N) is 2. The van der Waals surface area contributed by atoms with Crippen LogP contribution in [0.25, 0.3) is 22.2 Å². The van der Waals surface area contributed by atoms with Gasteiger partial charge in [0, 0.05) is 23.2 Å². The van der Waals surface area contributed by atoms with Crippen molar-refractivity contribution < 1.29 is 0 Å². The number of anilines is 2. The molecule has 0 N–H and O–H groups in total. The molecule has 27 heavy (non-hydrogen) atoms. The topological polar surface area (TPSA) is 16.1 Å². The maximum atomic E-state index is 4.95. The number of hydrogen-bond acceptors (Lipinski definition) is 2. The Bertz CT molecular complexity index is 1080. The van der Waals surface area contributed by atoms with Crippen LogP contribution in [0.15, 0.2) is 78.9 Å². The van der Waals surface area contributed by atoms with Gasteiger partial charge in [-0.3, -0.25) is 0 Å². The highest BCUT2D eigenvalue weighted by molar-refractivity contribution is 5.96. The van der Waals surface area contributed by atoms with Crippen LogP contribution in [-0.2, 0) is 0 Å². The summed E-state index contributed by atoms with van der Waals surface area (Å²) < 4.78 is 0. The molecule has 2 heteroatoms. The molecule has 0 amide bonds. The van der Waals surface area contributed by atoms with Gasteiger partial charge >= 0.3 is 0 Å². The van der Waals surface area contributed by atoms with Crippen LogP contribution in [0, 0.1) is 13.8 Å². The third-order valence-electron chi connectivity index (χ3n) is 4.96. The van der Waals surface area contributed by atoms with E-state index in [0.29, 0.717) is 0 Å². The summed E-state index contributed by atoms with van der Waals surface area (Å²) in [5.74, 6) is 0. The third kappa shape index (κ3) is 3.43. The van der Waals surface area contributed by atoms with Crippen molar-refractivity contribution >= 4 is 22.3 Å². The van der Waals surface area contributed by atoms with E-state index >= 15 is 0 Å². The van der Waals surface area contributed by atoms with Crippen LogP contribution in [0.1, 0.15) is 18.1 Å². The van der Waals surface area contributed by atoms with Crippen LogP contribution in [-0.4, -0.2) is 11.5 Å². The minimum absolute atomic E-state index is 0.893. The molecule has 2 nitrogen and oxygen atoms in total. The molecule has 0 aliphatic heterocycles. The third-order valence-corrected chi connectivity index (χ3v) is 4.96. The van der Waals surface area contributed by atoms with Crippen LogP contribution in [0.5, 0.6) is 0 Å². The molecule has 0 bridgehead atoms. The van der Waals surface area contributed by atoms with Crippen molar-refractivity contribution in [2.45, 2.75) is 20.8 Å². The summed E-state index contributed by atoms with van der Waals surface area (Å²) in [7, 11) is 0. The molecule has 0 atom stereocenters. The summed E-state index contributed by atoms with van der Waals surface area (Å²) in [6.45, 7) is 7.33. The first-order valence-electron chi connectivity index (χ1n) is 9.47. The molecule has 0 aliphatic carbocycles. The lowest BCUT2D eigenvalue weighted by molar-refractivity contribution is 1.03. The van der Waals surface area contributed by atoms with Crippen molar-refractivity contribution in [3.8, 4) is 11.3 Å². The van der Waals surface area contributed by atoms with Gasteiger partial charge in [0.25, 0.3) is 0 Å². The van der Waals surface area contributed by atoms with Gasteiger partial charge < -0.3 is 4.90 Å². The van der Waals surface area contributed by atoms with Crippen LogP contribution < -0.4 is 4.90 Å². The highest BCUT2D eigenvalue weighted by Crippen LogP contribution is 2.35. The Hall–Kier alpha value is -3.13. The Morgan fingerprint density at radius 1 is 0.778 bits per heavy atom. The summed E-state index contributed by atoms with van der Waals surface area (Å²) in [4.78, 5) is 7.31. The second-order valence-electron chi connectivity index (χ2n) is 6.99. The minimum Gasteiger partial charge on any atom is -0.341 e. The van der Waals surface area contributed by atoms with E-state index in [1.54, 1.807) is 0 Å². The molecule has 4 rings (SSSR count). The predicted octanol–water partition coefficient (Wildman–Crippen LogP) is 6.68. The molecule has 0 fully saturated rings. The predicted molar refractivity (Wildman–Crippen MR) is 116 cm³/mol. The number of hydrogen-bond donors (Lipinski definition) is 0. The van der Waals surface area contributed by atoms with E-state index in [4.69, 9.17) is 4.98 Å². The molecule has 4 aromatic rings. The Morgan fingerprint density at radius 3 is 2.30 bits per heavy atom. The molecule has 1 heterocycles. The maximum absolute atomic E-state index is 4.95. The molecule has 134 valence electrons. The van der Waals surface area contributed by atoms with Crippen LogP contribution >= 0.6 is 0 Å². The molecule has 0 saturated heterocycles. The van der Waals surface area contributed by atoms with E-state index < -0.39 is 0 Å². The van der Waals surface area contributed by atoms with Gasteiger partial charge in [-0.15, -0.1) is 0 Å². The lowest BCUT2D eigenvalue weighted by Gasteiger charge is -2.25. The average molecular weight is 352 g/mol. The number of para-hydroxylation sites is 1. The Labute approximate surface area is 161 Å². The van der Waals surface area contributed by atoms with E-state index in [1.807, 2.05) is 0 Å². The zero-order chi connectivity index (χ0) is 18.8. The molecular formula is C25H24N2. The SMILES string of the molecule is CCN(c1ccc(C)cc1)c1cc(-c2cccc(C)c2)nc2ccccc12. The van der Waals surface area contributed by atoms with Gasteiger partial charge in [0.15, 0.2) is 0 Å². The zero-order valence-corrected chi connectivity index (χ0v) is 16.1. The fourth-order valence-electron chi connectivity index (χ4n) is 3.55. The zero-order valence-electron chi connectivity index (χ0n) is 16.1. The molecule has 1 aromatic heterocycles. The second kappa shape index (κ2) is 7.24. The van der Waals surface area contributed by atoms with E-state index in [9.17, 15) is 0 Å². The second-order valence-corrected chi connectivity index (χ2v) is 6.99. The number of aryl methyl sites for hydroxylation is 2. The standard InChI is InChI=1S/C25H24N2/c1-4-27(21-14-12-18(2)13-15-21)25-17-24(20-9-7-8-19(3)16-20)26-23-11-6-5-10-22(23)25/h5-17H,4H2,1-3H3. The summed E-state index contributed by atoms with van der Waals surface area (Å²) in [6, 6.07) is 27.9. The number of aromatic nitrogens is 1. The van der Waals surface area contributed by atoms with E-state index in [0.717, 1.165) is 23.3 Å². The van der Waals surface area contributed by atoms with Gasteiger partial charge in [0.05, 0.1) is 16.9 Å². The van der Waals surface area contributed by atoms with Gasteiger partial charge in [-0.05, 0) is 51.1 Å². The van der Waals surface area contributed by atoms with Crippen LogP contribution in [0.2, 0.25) is 0 Å². The quantitative estimate of drug-likeness (QED) is 0.407. The summed E-state index contributed by atoms with van der Waals surface area (Å²) >= 11 is 0. The molecule has 0 saturated carbocycles. The summed E-state index contributed by atoms with van der Waals surface area (Å²) in [6.07, 6.45) is 0. The first-order chi connectivity index (χ1) is 13.2. The molecule has 3 aromatic carbocycles. The van der Waals surface area contributed by atoms with Crippen molar-refractivity contribution in [2.75, 3.05) is 11.4 Å². The molecule has 0 unspecified atom stereocenters. The molecular weight excluding hydrogens is 328 g/mol. The summed E-state index contributed by atoms with van der Waals surface area (Å²) in [5.41, 5.74) is 8.11. The number of benzene rings is 3. The minimum atomic E-state index is 0.893. The largest absolute Gasteiger partial charge is 0.341 e. The van der Waals surface area contributed by atoms with Gasteiger partial charge in [-0.1, -0.05) is 59.7 Å². The Kier molecular flexibility index (Phi) is 4.64. The normalized spacial score (nSPS) is 10.9. The first-order valence-corrected chi connectivity index (χ1v) is 9.47. The monoisotopic (exact) mass is 352 g/mol. The highest BCUT2D eigenvalue weighted by atomic mass is 15.1. The highest BCUT2D eigenvalue weighted by Gasteiger charge is 2.14. The van der Waals surface area contributed by atoms with Gasteiger partial charge in [-0.25, -0.2) is 4.98 Å². The van der Waals surface area contributed by atoms with Gasteiger partial charge in [0.2, 0.25) is 0 Å².